The van der Waals surface area contributed by atoms with Gasteiger partial charge in [0.25, 0.3) is 0 Å². The summed E-state index contributed by atoms with van der Waals surface area (Å²) >= 11 is 5.45. The van der Waals surface area contributed by atoms with Crippen LogP contribution in [0.5, 0.6) is 5.75 Å². The van der Waals surface area contributed by atoms with Crippen molar-refractivity contribution in [3.63, 3.8) is 0 Å². The summed E-state index contributed by atoms with van der Waals surface area (Å²) in [7, 11) is 1.67. The molecule has 0 aromatic heterocycles. The summed E-state index contributed by atoms with van der Waals surface area (Å²) < 4.78 is 5.17. The second kappa shape index (κ2) is 8.02. The normalized spacial score (nSPS) is 13.6. The van der Waals surface area contributed by atoms with E-state index in [0.29, 0.717) is 11.7 Å². The Morgan fingerprint density at radius 1 is 1.08 bits per heavy atom. The Balaban J connectivity index is 1.58. The van der Waals surface area contributed by atoms with E-state index in [4.69, 9.17) is 17.0 Å². The summed E-state index contributed by atoms with van der Waals surface area (Å²) in [5, 5.41) is 7.23. The number of rotatable bonds is 5. The SMILES string of the molecule is COc1ccc(CNC(=S)Nc2ccccc2N2CCCC2)cc1. The second-order valence-corrected chi connectivity index (χ2v) is 6.28. The van der Waals surface area contributed by atoms with E-state index in [1.54, 1.807) is 7.11 Å². The third-order valence-corrected chi connectivity index (χ3v) is 4.46. The first-order valence-corrected chi connectivity index (χ1v) is 8.69. The Labute approximate surface area is 148 Å². The summed E-state index contributed by atoms with van der Waals surface area (Å²) in [6.07, 6.45) is 2.52. The van der Waals surface area contributed by atoms with Crippen molar-refractivity contribution in [1.82, 2.24) is 5.32 Å². The fourth-order valence-electron chi connectivity index (χ4n) is 2.91. The number of anilines is 2. The predicted octanol–water partition coefficient (Wildman–Crippen LogP) is 3.78. The summed E-state index contributed by atoms with van der Waals surface area (Å²) in [4.78, 5) is 2.41. The molecule has 0 atom stereocenters. The van der Waals surface area contributed by atoms with Gasteiger partial charge in [-0.05, 0) is 54.9 Å². The van der Waals surface area contributed by atoms with Crippen molar-refractivity contribution in [2.45, 2.75) is 19.4 Å². The fourth-order valence-corrected chi connectivity index (χ4v) is 3.09. The molecule has 0 unspecified atom stereocenters. The third kappa shape index (κ3) is 4.17. The Hall–Kier alpha value is -2.27. The molecule has 1 fully saturated rings. The molecule has 1 aliphatic heterocycles. The van der Waals surface area contributed by atoms with Crippen LogP contribution in [0.15, 0.2) is 48.5 Å². The molecule has 24 heavy (non-hydrogen) atoms. The maximum absolute atomic E-state index is 5.45. The molecule has 4 nitrogen and oxygen atoms in total. The van der Waals surface area contributed by atoms with E-state index in [1.807, 2.05) is 30.3 Å². The molecular weight excluding hydrogens is 318 g/mol. The third-order valence-electron chi connectivity index (χ3n) is 4.21. The minimum absolute atomic E-state index is 0.637. The van der Waals surface area contributed by atoms with Gasteiger partial charge in [0.2, 0.25) is 0 Å². The maximum Gasteiger partial charge on any atom is 0.171 e. The second-order valence-electron chi connectivity index (χ2n) is 5.87. The number of nitrogens with one attached hydrogen (secondary N) is 2. The van der Waals surface area contributed by atoms with E-state index in [2.05, 4.69) is 33.7 Å². The largest absolute Gasteiger partial charge is 0.497 e. The molecule has 0 amide bonds. The average molecular weight is 341 g/mol. The van der Waals surface area contributed by atoms with Gasteiger partial charge in [0.15, 0.2) is 5.11 Å². The minimum Gasteiger partial charge on any atom is -0.497 e. The van der Waals surface area contributed by atoms with Gasteiger partial charge in [0, 0.05) is 19.6 Å². The standard InChI is InChI=1S/C19H23N3OS/c1-23-16-10-8-15(9-11-16)14-20-19(24)21-17-6-2-3-7-18(17)22-12-4-5-13-22/h2-3,6-11H,4-5,12-14H2,1H3,(H2,20,21,24). The first-order valence-electron chi connectivity index (χ1n) is 8.28. The molecule has 2 N–H and O–H groups in total. The van der Waals surface area contributed by atoms with Crippen molar-refractivity contribution in [3.05, 3.63) is 54.1 Å². The quantitative estimate of drug-likeness (QED) is 0.810. The Morgan fingerprint density at radius 3 is 2.50 bits per heavy atom. The van der Waals surface area contributed by atoms with Gasteiger partial charge in [-0.1, -0.05) is 24.3 Å². The van der Waals surface area contributed by atoms with Crippen molar-refractivity contribution < 1.29 is 4.74 Å². The molecule has 5 heteroatoms. The molecule has 2 aromatic rings. The average Bonchev–Trinajstić information content (AvgIpc) is 3.15. The van der Waals surface area contributed by atoms with E-state index in [-0.39, 0.29) is 0 Å². The van der Waals surface area contributed by atoms with Crippen molar-refractivity contribution in [1.29, 1.82) is 0 Å². The molecular formula is C19H23N3OS. The van der Waals surface area contributed by atoms with Crippen molar-refractivity contribution in [2.24, 2.45) is 0 Å². The number of hydrogen-bond donors (Lipinski definition) is 2. The van der Waals surface area contributed by atoms with Crippen molar-refractivity contribution in [2.75, 3.05) is 30.4 Å². The lowest BCUT2D eigenvalue weighted by molar-refractivity contribution is 0.414. The van der Waals surface area contributed by atoms with Crippen LogP contribution in [-0.2, 0) is 6.54 Å². The monoisotopic (exact) mass is 341 g/mol. The van der Waals surface area contributed by atoms with Gasteiger partial charge in [-0.3, -0.25) is 0 Å². The van der Waals surface area contributed by atoms with E-state index in [0.717, 1.165) is 30.1 Å². The van der Waals surface area contributed by atoms with Gasteiger partial charge in [-0.15, -0.1) is 0 Å². The number of hydrogen-bond acceptors (Lipinski definition) is 3. The molecule has 0 spiro atoms. The van der Waals surface area contributed by atoms with Crippen LogP contribution in [0.2, 0.25) is 0 Å². The molecule has 1 heterocycles. The van der Waals surface area contributed by atoms with Crippen LogP contribution in [-0.4, -0.2) is 25.3 Å². The highest BCUT2D eigenvalue weighted by Crippen LogP contribution is 2.28. The molecule has 0 bridgehead atoms. The van der Waals surface area contributed by atoms with Gasteiger partial charge in [-0.2, -0.15) is 0 Å². The zero-order valence-corrected chi connectivity index (χ0v) is 14.7. The van der Waals surface area contributed by atoms with E-state index in [1.165, 1.54) is 18.5 Å². The Bertz CT molecular complexity index is 681. The smallest absolute Gasteiger partial charge is 0.171 e. The maximum atomic E-state index is 5.45. The van der Waals surface area contributed by atoms with Gasteiger partial charge in [-0.25, -0.2) is 0 Å². The molecule has 1 saturated heterocycles. The summed E-state index contributed by atoms with van der Waals surface area (Å²) in [5.41, 5.74) is 3.45. The summed E-state index contributed by atoms with van der Waals surface area (Å²) in [6.45, 7) is 2.91. The molecule has 1 aliphatic rings. The highest BCUT2D eigenvalue weighted by Gasteiger charge is 2.15. The number of ether oxygens (including phenoxy) is 1. The van der Waals surface area contributed by atoms with E-state index >= 15 is 0 Å². The molecule has 2 aromatic carbocycles. The lowest BCUT2D eigenvalue weighted by Gasteiger charge is -2.22. The Kier molecular flexibility index (Phi) is 5.54. The van der Waals surface area contributed by atoms with Crippen LogP contribution >= 0.6 is 12.2 Å². The topological polar surface area (TPSA) is 36.5 Å². The first kappa shape index (κ1) is 16.6. The van der Waals surface area contributed by atoms with Crippen LogP contribution in [0.3, 0.4) is 0 Å². The molecule has 3 rings (SSSR count). The van der Waals surface area contributed by atoms with Gasteiger partial charge in [0.1, 0.15) is 5.75 Å². The number of nitrogens with zero attached hydrogens (tertiary/aromatic N) is 1. The molecule has 0 radical (unpaired) electrons. The van der Waals surface area contributed by atoms with Crippen molar-refractivity contribution in [3.8, 4) is 5.75 Å². The van der Waals surface area contributed by atoms with Crippen LogP contribution in [0, 0.1) is 0 Å². The lowest BCUT2D eigenvalue weighted by Crippen LogP contribution is -2.29. The van der Waals surface area contributed by atoms with Crippen molar-refractivity contribution >= 4 is 28.7 Å². The van der Waals surface area contributed by atoms with Gasteiger partial charge in [0.05, 0.1) is 18.5 Å². The molecule has 126 valence electrons. The number of benzene rings is 2. The predicted molar refractivity (Wildman–Crippen MR) is 104 cm³/mol. The van der Waals surface area contributed by atoms with Gasteiger partial charge < -0.3 is 20.3 Å². The Morgan fingerprint density at radius 2 is 1.79 bits per heavy atom. The van der Waals surface area contributed by atoms with E-state index in [9.17, 15) is 0 Å². The van der Waals surface area contributed by atoms with Crippen LogP contribution < -0.4 is 20.3 Å². The first-order chi connectivity index (χ1) is 11.8. The van der Waals surface area contributed by atoms with Gasteiger partial charge >= 0.3 is 0 Å². The zero-order valence-electron chi connectivity index (χ0n) is 13.9. The van der Waals surface area contributed by atoms with Crippen LogP contribution in [0.1, 0.15) is 18.4 Å². The van der Waals surface area contributed by atoms with Crippen LogP contribution in [0.4, 0.5) is 11.4 Å². The van der Waals surface area contributed by atoms with E-state index < -0.39 is 0 Å². The highest BCUT2D eigenvalue weighted by atomic mass is 32.1. The number of para-hydroxylation sites is 2. The summed E-state index contributed by atoms with van der Waals surface area (Å²) in [5.74, 6) is 0.860. The van der Waals surface area contributed by atoms with Crippen LogP contribution in [0.25, 0.3) is 0 Å². The zero-order chi connectivity index (χ0) is 16.8. The number of thiocarbonyl (C=S) groups is 1. The fraction of sp³-hybridized carbons (Fsp3) is 0.316. The minimum atomic E-state index is 0.637. The number of methoxy groups -OCH3 is 1. The highest BCUT2D eigenvalue weighted by molar-refractivity contribution is 7.80. The molecule has 0 saturated carbocycles. The lowest BCUT2D eigenvalue weighted by atomic mass is 10.2. The molecule has 0 aliphatic carbocycles. The summed E-state index contributed by atoms with van der Waals surface area (Å²) in [6, 6.07) is 16.3.